The zero-order valence-corrected chi connectivity index (χ0v) is 16.6. The number of aromatic nitrogens is 2. The van der Waals surface area contributed by atoms with Gasteiger partial charge >= 0.3 is 5.97 Å². The minimum absolute atomic E-state index is 0.257. The Bertz CT molecular complexity index is 1180. The second-order valence-corrected chi connectivity index (χ2v) is 7.38. The largest absolute Gasteiger partial charge is 0.465 e. The van der Waals surface area contributed by atoms with Crippen molar-refractivity contribution in [3.05, 3.63) is 77.5 Å². The van der Waals surface area contributed by atoms with Gasteiger partial charge in [0.25, 0.3) is 5.91 Å². The Labute approximate surface area is 171 Å². The Morgan fingerprint density at radius 2 is 1.79 bits per heavy atom. The van der Waals surface area contributed by atoms with Crippen molar-refractivity contribution in [1.29, 1.82) is 0 Å². The third-order valence-electron chi connectivity index (χ3n) is 4.47. The molecule has 29 heavy (non-hydrogen) atoms. The van der Waals surface area contributed by atoms with E-state index in [1.54, 1.807) is 30.5 Å². The summed E-state index contributed by atoms with van der Waals surface area (Å²) in [7, 11) is 1.32. The van der Waals surface area contributed by atoms with Crippen LogP contribution in [0.5, 0.6) is 0 Å². The lowest BCUT2D eigenvalue weighted by Crippen LogP contribution is -2.13. The summed E-state index contributed by atoms with van der Waals surface area (Å²) in [5.41, 5.74) is 4.25. The van der Waals surface area contributed by atoms with Gasteiger partial charge in [0.15, 0.2) is 0 Å². The van der Waals surface area contributed by atoms with Gasteiger partial charge in [-0.3, -0.25) is 4.79 Å². The van der Waals surface area contributed by atoms with Crippen molar-refractivity contribution in [3.63, 3.8) is 0 Å². The molecule has 0 spiro atoms. The van der Waals surface area contributed by atoms with E-state index in [0.29, 0.717) is 16.8 Å². The van der Waals surface area contributed by atoms with Crippen molar-refractivity contribution in [2.24, 2.45) is 0 Å². The molecular formula is C22H17N3O3S. The Hall–Kier alpha value is -3.58. The number of fused-ring (bicyclic) bond motifs is 1. The molecular weight excluding hydrogens is 386 g/mol. The SMILES string of the molecule is COC(=O)c1ccc(C(=O)Nc2cc(-c3nc4cccnc4s3)ccc2C)cc1. The lowest BCUT2D eigenvalue weighted by atomic mass is 10.1. The van der Waals surface area contributed by atoms with Crippen LogP contribution >= 0.6 is 11.3 Å². The molecule has 6 nitrogen and oxygen atoms in total. The molecule has 4 rings (SSSR count). The topological polar surface area (TPSA) is 81.2 Å². The molecule has 2 aromatic heterocycles. The van der Waals surface area contributed by atoms with Gasteiger partial charge < -0.3 is 10.1 Å². The second kappa shape index (κ2) is 7.81. The van der Waals surface area contributed by atoms with Gasteiger partial charge in [0.05, 0.1) is 12.7 Å². The summed E-state index contributed by atoms with van der Waals surface area (Å²) in [5.74, 6) is -0.696. The number of thiazole rings is 1. The monoisotopic (exact) mass is 403 g/mol. The first kappa shape index (κ1) is 18.8. The van der Waals surface area contributed by atoms with E-state index in [4.69, 9.17) is 0 Å². The molecule has 0 aliphatic rings. The number of esters is 1. The maximum atomic E-state index is 12.7. The van der Waals surface area contributed by atoms with E-state index in [2.05, 4.69) is 20.0 Å². The minimum Gasteiger partial charge on any atom is -0.465 e. The van der Waals surface area contributed by atoms with Crippen LogP contribution in [0, 0.1) is 6.92 Å². The number of ether oxygens (including phenoxy) is 1. The molecule has 7 heteroatoms. The molecule has 0 saturated carbocycles. The van der Waals surface area contributed by atoms with E-state index in [1.807, 2.05) is 37.3 Å². The molecule has 0 atom stereocenters. The normalized spacial score (nSPS) is 10.7. The molecule has 0 saturated heterocycles. The molecule has 0 bridgehead atoms. The van der Waals surface area contributed by atoms with Crippen LogP contribution in [-0.2, 0) is 4.74 Å². The first-order valence-electron chi connectivity index (χ1n) is 8.87. The summed E-state index contributed by atoms with van der Waals surface area (Å²) >= 11 is 1.51. The van der Waals surface area contributed by atoms with Crippen LogP contribution in [-0.4, -0.2) is 29.0 Å². The van der Waals surface area contributed by atoms with Gasteiger partial charge in [0, 0.05) is 23.0 Å². The third kappa shape index (κ3) is 3.86. The fraction of sp³-hybridized carbons (Fsp3) is 0.0909. The van der Waals surface area contributed by atoms with E-state index < -0.39 is 5.97 Å². The average molecular weight is 403 g/mol. The number of hydrogen-bond acceptors (Lipinski definition) is 6. The highest BCUT2D eigenvalue weighted by molar-refractivity contribution is 7.21. The van der Waals surface area contributed by atoms with E-state index in [0.717, 1.165) is 26.5 Å². The van der Waals surface area contributed by atoms with Crippen LogP contribution in [0.4, 0.5) is 5.69 Å². The van der Waals surface area contributed by atoms with Crippen molar-refractivity contribution in [3.8, 4) is 10.6 Å². The Morgan fingerprint density at radius 1 is 1.03 bits per heavy atom. The third-order valence-corrected chi connectivity index (χ3v) is 5.50. The predicted octanol–water partition coefficient (Wildman–Crippen LogP) is 4.71. The van der Waals surface area contributed by atoms with Gasteiger partial charge in [-0.1, -0.05) is 23.5 Å². The fourth-order valence-corrected chi connectivity index (χ4v) is 3.76. The van der Waals surface area contributed by atoms with Crippen molar-refractivity contribution >= 4 is 39.2 Å². The molecule has 0 radical (unpaired) electrons. The summed E-state index contributed by atoms with van der Waals surface area (Å²) in [6, 6.07) is 16.0. The van der Waals surface area contributed by atoms with Crippen LogP contribution in [0.25, 0.3) is 20.9 Å². The van der Waals surface area contributed by atoms with Crippen LogP contribution in [0.1, 0.15) is 26.3 Å². The number of pyridine rings is 1. The van der Waals surface area contributed by atoms with Crippen molar-refractivity contribution in [2.75, 3.05) is 12.4 Å². The zero-order chi connectivity index (χ0) is 20.4. The highest BCUT2D eigenvalue weighted by Gasteiger charge is 2.13. The van der Waals surface area contributed by atoms with E-state index in [-0.39, 0.29) is 5.91 Å². The van der Waals surface area contributed by atoms with Gasteiger partial charge in [-0.2, -0.15) is 0 Å². The number of methoxy groups -OCH3 is 1. The number of nitrogens with zero attached hydrogens (tertiary/aromatic N) is 2. The van der Waals surface area contributed by atoms with Gasteiger partial charge in [0.2, 0.25) is 0 Å². The summed E-state index contributed by atoms with van der Waals surface area (Å²) < 4.78 is 4.68. The van der Waals surface area contributed by atoms with Crippen molar-refractivity contribution in [2.45, 2.75) is 6.92 Å². The van der Waals surface area contributed by atoms with Gasteiger partial charge in [-0.15, -0.1) is 0 Å². The molecule has 0 fully saturated rings. The molecule has 0 aliphatic carbocycles. The Kier molecular flexibility index (Phi) is 5.05. The van der Waals surface area contributed by atoms with Crippen LogP contribution in [0.15, 0.2) is 60.8 Å². The Morgan fingerprint density at radius 3 is 2.52 bits per heavy atom. The smallest absolute Gasteiger partial charge is 0.337 e. The summed E-state index contributed by atoms with van der Waals surface area (Å²) in [6.07, 6.45) is 1.75. The maximum Gasteiger partial charge on any atom is 0.337 e. The molecule has 0 aliphatic heterocycles. The molecule has 2 heterocycles. The molecule has 0 unspecified atom stereocenters. The molecule has 1 amide bonds. The molecule has 144 valence electrons. The number of hydrogen-bond donors (Lipinski definition) is 1. The summed E-state index contributed by atoms with van der Waals surface area (Å²) in [6.45, 7) is 1.93. The van der Waals surface area contributed by atoms with E-state index in [1.165, 1.54) is 18.4 Å². The summed E-state index contributed by atoms with van der Waals surface area (Å²) in [4.78, 5) is 34.0. The number of benzene rings is 2. The average Bonchev–Trinajstić information content (AvgIpc) is 3.19. The number of rotatable bonds is 4. The molecule has 1 N–H and O–H groups in total. The van der Waals surface area contributed by atoms with Crippen molar-refractivity contribution in [1.82, 2.24) is 9.97 Å². The number of carbonyl (C=O) groups is 2. The van der Waals surface area contributed by atoms with Crippen LogP contribution < -0.4 is 5.32 Å². The number of anilines is 1. The fourth-order valence-electron chi connectivity index (χ4n) is 2.85. The zero-order valence-electron chi connectivity index (χ0n) is 15.8. The van der Waals surface area contributed by atoms with Crippen LogP contribution in [0.2, 0.25) is 0 Å². The number of nitrogens with one attached hydrogen (secondary N) is 1. The molecule has 4 aromatic rings. The number of aryl methyl sites for hydroxylation is 1. The van der Waals surface area contributed by atoms with Gasteiger partial charge in [-0.05, 0) is 55.0 Å². The lowest BCUT2D eigenvalue weighted by molar-refractivity contribution is 0.0600. The van der Waals surface area contributed by atoms with Crippen LogP contribution in [0.3, 0.4) is 0 Å². The number of carbonyl (C=O) groups excluding carboxylic acids is 2. The minimum atomic E-state index is -0.439. The van der Waals surface area contributed by atoms with Crippen molar-refractivity contribution < 1.29 is 14.3 Å². The first-order valence-corrected chi connectivity index (χ1v) is 9.69. The highest BCUT2D eigenvalue weighted by Crippen LogP contribution is 2.31. The van der Waals surface area contributed by atoms with Gasteiger partial charge in [-0.25, -0.2) is 14.8 Å². The standard InChI is InChI=1S/C22H17N3O3S/c1-13-5-6-16(20-25-17-4-3-11-23-21(17)29-20)12-18(13)24-19(26)14-7-9-15(10-8-14)22(27)28-2/h3-12H,1-2H3,(H,24,26). The Balaban J connectivity index is 1.59. The number of amides is 1. The van der Waals surface area contributed by atoms with E-state index in [9.17, 15) is 9.59 Å². The maximum absolute atomic E-state index is 12.7. The van der Waals surface area contributed by atoms with Gasteiger partial charge in [0.1, 0.15) is 15.4 Å². The lowest BCUT2D eigenvalue weighted by Gasteiger charge is -2.10. The second-order valence-electron chi connectivity index (χ2n) is 6.40. The highest BCUT2D eigenvalue weighted by atomic mass is 32.1. The summed E-state index contributed by atoms with van der Waals surface area (Å²) in [5, 5.41) is 3.78. The quantitative estimate of drug-likeness (QED) is 0.499. The predicted molar refractivity (Wildman–Crippen MR) is 113 cm³/mol. The first-order chi connectivity index (χ1) is 14.0. The van der Waals surface area contributed by atoms with E-state index >= 15 is 0 Å². The molecule has 2 aromatic carbocycles.